The van der Waals surface area contributed by atoms with Crippen LogP contribution in [0.3, 0.4) is 0 Å². The van der Waals surface area contributed by atoms with Crippen molar-refractivity contribution in [2.75, 3.05) is 17.3 Å². The van der Waals surface area contributed by atoms with E-state index in [1.807, 2.05) is 6.07 Å². The zero-order valence-electron chi connectivity index (χ0n) is 12.8. The first kappa shape index (κ1) is 17.3. The lowest BCUT2D eigenvalue weighted by Gasteiger charge is -2.49. The van der Waals surface area contributed by atoms with E-state index < -0.39 is 12.0 Å². The summed E-state index contributed by atoms with van der Waals surface area (Å²) in [7, 11) is 1.30. The predicted octanol–water partition coefficient (Wildman–Crippen LogP) is 1.56. The summed E-state index contributed by atoms with van der Waals surface area (Å²) >= 11 is 3.71. The normalized spacial score (nSPS) is 22.6. The van der Waals surface area contributed by atoms with E-state index >= 15 is 0 Å². The van der Waals surface area contributed by atoms with Crippen LogP contribution in [0.25, 0.3) is 0 Å². The summed E-state index contributed by atoms with van der Waals surface area (Å²) < 4.78 is 5.46. The van der Waals surface area contributed by atoms with Gasteiger partial charge in [0.15, 0.2) is 0 Å². The number of hydrogen-bond donors (Lipinski definition) is 1. The summed E-state index contributed by atoms with van der Waals surface area (Å²) in [5.74, 6) is -0.440. The van der Waals surface area contributed by atoms with Crippen molar-refractivity contribution in [3.8, 4) is 0 Å². The molecule has 24 heavy (non-hydrogen) atoms. The molecule has 0 aromatic heterocycles. The molecular weight excluding hydrogens is 443 g/mol. The first-order chi connectivity index (χ1) is 11.6. The molecule has 6 nitrogen and oxygen atoms in total. The Labute approximate surface area is 157 Å². The average Bonchev–Trinajstić information content (AvgIpc) is 2.64. The van der Waals surface area contributed by atoms with E-state index in [1.165, 1.54) is 12.0 Å². The van der Waals surface area contributed by atoms with Gasteiger partial charge < -0.3 is 10.1 Å². The number of thioether (sulfide) groups is 1. The fourth-order valence-corrected chi connectivity index (χ4v) is 5.03. The van der Waals surface area contributed by atoms with Gasteiger partial charge in [0.05, 0.1) is 7.11 Å². The highest BCUT2D eigenvalue weighted by atomic mass is 127. The van der Waals surface area contributed by atoms with Crippen LogP contribution in [0, 0.1) is 0 Å². The van der Waals surface area contributed by atoms with Crippen molar-refractivity contribution in [2.24, 2.45) is 0 Å². The van der Waals surface area contributed by atoms with E-state index in [2.05, 4.69) is 27.9 Å². The van der Waals surface area contributed by atoms with E-state index in [4.69, 9.17) is 4.74 Å². The van der Waals surface area contributed by atoms with Crippen LogP contribution in [-0.4, -0.2) is 51.4 Å². The summed E-state index contributed by atoms with van der Waals surface area (Å²) in [6.45, 7) is 0. The monoisotopic (exact) mass is 458 g/mol. The highest BCUT2D eigenvalue weighted by Gasteiger charge is 2.54. The molecule has 1 fully saturated rings. The standard InChI is InChI=1S/C16H15IN2O4S/c1-23-16(22)12-10(7-17)8-24-15-11(14(21)19(12)15)18-13(20)9-5-3-2-4-6-9/h2-6,11,15H,7-8H2,1H3,(H,18,20)/t11-,15-/m0/s1. The molecule has 8 heteroatoms. The third-order valence-electron chi connectivity index (χ3n) is 3.91. The van der Waals surface area contributed by atoms with Crippen molar-refractivity contribution >= 4 is 52.1 Å². The number of nitrogens with zero attached hydrogens (tertiary/aromatic N) is 1. The minimum Gasteiger partial charge on any atom is -0.464 e. The van der Waals surface area contributed by atoms with Crippen molar-refractivity contribution < 1.29 is 19.1 Å². The lowest BCUT2D eigenvalue weighted by molar-refractivity contribution is -0.150. The molecule has 1 aromatic rings. The number of hydrogen-bond acceptors (Lipinski definition) is 5. The number of methoxy groups -OCH3 is 1. The molecule has 0 aliphatic carbocycles. The number of rotatable bonds is 4. The Morgan fingerprint density at radius 3 is 2.71 bits per heavy atom. The quantitative estimate of drug-likeness (QED) is 0.321. The van der Waals surface area contributed by atoms with Gasteiger partial charge in [-0.15, -0.1) is 11.8 Å². The molecule has 2 amide bonds. The third-order valence-corrected chi connectivity index (χ3v) is 6.17. The number of carbonyl (C=O) groups excluding carboxylic acids is 3. The molecule has 0 saturated carbocycles. The van der Waals surface area contributed by atoms with Crippen LogP contribution in [-0.2, 0) is 14.3 Å². The van der Waals surface area contributed by atoms with E-state index in [0.717, 1.165) is 5.57 Å². The van der Waals surface area contributed by atoms with Crippen LogP contribution >= 0.6 is 34.4 Å². The Kier molecular flexibility index (Phi) is 5.14. The number of ether oxygens (including phenoxy) is 1. The molecule has 2 heterocycles. The smallest absolute Gasteiger partial charge is 0.354 e. The number of nitrogens with one attached hydrogen (secondary N) is 1. The van der Waals surface area contributed by atoms with Gasteiger partial charge in [-0.3, -0.25) is 14.5 Å². The van der Waals surface area contributed by atoms with Crippen LogP contribution in [0.5, 0.6) is 0 Å². The van der Waals surface area contributed by atoms with Crippen molar-refractivity contribution in [3.05, 3.63) is 47.2 Å². The van der Waals surface area contributed by atoms with Gasteiger partial charge in [-0.1, -0.05) is 40.8 Å². The number of benzene rings is 1. The second kappa shape index (κ2) is 7.14. The zero-order valence-corrected chi connectivity index (χ0v) is 15.8. The lowest BCUT2D eigenvalue weighted by atomic mass is 10.0. The Morgan fingerprint density at radius 1 is 1.38 bits per heavy atom. The second-order valence-electron chi connectivity index (χ2n) is 5.30. The molecule has 2 atom stereocenters. The molecule has 1 saturated heterocycles. The topological polar surface area (TPSA) is 75.7 Å². The van der Waals surface area contributed by atoms with Gasteiger partial charge in [-0.2, -0.15) is 0 Å². The fraction of sp³-hybridized carbons (Fsp3) is 0.312. The maximum Gasteiger partial charge on any atom is 0.354 e. The molecule has 0 spiro atoms. The summed E-state index contributed by atoms with van der Waals surface area (Å²) in [6.07, 6.45) is 0. The second-order valence-corrected chi connectivity index (χ2v) is 7.17. The van der Waals surface area contributed by atoms with Crippen molar-refractivity contribution in [3.63, 3.8) is 0 Å². The molecule has 0 bridgehead atoms. The lowest BCUT2D eigenvalue weighted by Crippen LogP contribution is -2.70. The zero-order chi connectivity index (χ0) is 17.3. The van der Waals surface area contributed by atoms with E-state index in [-0.39, 0.29) is 17.2 Å². The average molecular weight is 458 g/mol. The number of amides is 2. The molecular formula is C16H15IN2O4S. The molecule has 1 N–H and O–H groups in total. The van der Waals surface area contributed by atoms with Gasteiger partial charge in [-0.25, -0.2) is 4.79 Å². The first-order valence-electron chi connectivity index (χ1n) is 7.25. The Bertz CT molecular complexity index is 722. The van der Waals surface area contributed by atoms with Crippen molar-refractivity contribution in [2.45, 2.75) is 11.4 Å². The molecule has 126 valence electrons. The van der Waals surface area contributed by atoms with Crippen LogP contribution in [0.1, 0.15) is 10.4 Å². The number of alkyl halides is 1. The maximum atomic E-state index is 12.5. The highest BCUT2D eigenvalue weighted by molar-refractivity contribution is 14.1. The van der Waals surface area contributed by atoms with E-state index in [9.17, 15) is 14.4 Å². The maximum absolute atomic E-state index is 12.5. The van der Waals surface area contributed by atoms with Gasteiger partial charge in [0, 0.05) is 15.7 Å². The Hall–Kier alpha value is -1.55. The van der Waals surface area contributed by atoms with Gasteiger partial charge >= 0.3 is 5.97 Å². The minimum absolute atomic E-state index is 0.272. The van der Waals surface area contributed by atoms with Gasteiger partial charge in [0.2, 0.25) is 0 Å². The molecule has 2 aliphatic heterocycles. The predicted molar refractivity (Wildman–Crippen MR) is 98.7 cm³/mol. The van der Waals surface area contributed by atoms with E-state index in [0.29, 0.717) is 21.4 Å². The summed E-state index contributed by atoms with van der Waals surface area (Å²) in [4.78, 5) is 38.3. The molecule has 3 rings (SSSR count). The minimum atomic E-state index is -0.627. The summed E-state index contributed by atoms with van der Waals surface area (Å²) in [5, 5.41) is 2.49. The van der Waals surface area contributed by atoms with Crippen LogP contribution in [0.15, 0.2) is 41.6 Å². The van der Waals surface area contributed by atoms with Crippen LogP contribution in [0.4, 0.5) is 0 Å². The van der Waals surface area contributed by atoms with Gasteiger partial charge in [0.1, 0.15) is 17.1 Å². The van der Waals surface area contributed by atoms with Gasteiger partial charge in [0.25, 0.3) is 11.8 Å². The molecule has 1 aromatic carbocycles. The molecule has 0 radical (unpaired) electrons. The third kappa shape index (κ3) is 2.92. The first-order valence-corrected chi connectivity index (χ1v) is 9.82. The summed E-state index contributed by atoms with van der Waals surface area (Å²) in [5.41, 5.74) is 1.71. The Morgan fingerprint density at radius 2 is 2.08 bits per heavy atom. The molecule has 2 aliphatic rings. The number of halogens is 1. The van der Waals surface area contributed by atoms with Crippen LogP contribution in [0.2, 0.25) is 0 Å². The number of β-lactam (4-membered cyclic amide) rings is 1. The van der Waals surface area contributed by atoms with Crippen molar-refractivity contribution in [1.29, 1.82) is 0 Å². The fourth-order valence-electron chi connectivity index (χ4n) is 2.69. The number of carbonyl (C=O) groups is 3. The van der Waals surface area contributed by atoms with Crippen molar-refractivity contribution in [1.82, 2.24) is 10.2 Å². The highest BCUT2D eigenvalue weighted by Crippen LogP contribution is 2.41. The van der Waals surface area contributed by atoms with Crippen LogP contribution < -0.4 is 5.32 Å². The Balaban J connectivity index is 1.78. The largest absolute Gasteiger partial charge is 0.464 e. The number of esters is 1. The summed E-state index contributed by atoms with van der Waals surface area (Å²) in [6, 6.07) is 8.12. The molecule has 0 unspecified atom stereocenters. The number of fused-ring (bicyclic) bond motifs is 1. The van der Waals surface area contributed by atoms with E-state index in [1.54, 1.807) is 36.0 Å². The SMILES string of the molecule is COC(=O)C1=C(CI)CS[C@H]2[C@@H](NC(=O)c3ccccc3)C(=O)N12. The van der Waals surface area contributed by atoms with Gasteiger partial charge in [-0.05, 0) is 17.7 Å².